The fourth-order valence-corrected chi connectivity index (χ4v) is 25.7. The van der Waals surface area contributed by atoms with Crippen LogP contribution in [0.4, 0.5) is 0 Å². The van der Waals surface area contributed by atoms with Crippen molar-refractivity contribution >= 4 is 35.1 Å². The van der Waals surface area contributed by atoms with Gasteiger partial charge in [-0.2, -0.15) is 0 Å². The predicted octanol–water partition coefficient (Wildman–Crippen LogP) is 5.74. The summed E-state index contributed by atoms with van der Waals surface area (Å²) < 4.78 is 0. The summed E-state index contributed by atoms with van der Waals surface area (Å²) in [7, 11) is 0. The van der Waals surface area contributed by atoms with Crippen molar-refractivity contribution in [3.05, 3.63) is 121 Å². The molecule has 0 N–H and O–H groups in total. The van der Waals surface area contributed by atoms with Crippen molar-refractivity contribution in [1.82, 2.24) is 0 Å². The third kappa shape index (κ3) is 3.33. The summed E-state index contributed by atoms with van der Waals surface area (Å²) in [6, 6.07) is 45.8. The molecule has 0 spiro atoms. The van der Waals surface area contributed by atoms with E-state index in [2.05, 4.69) is 135 Å². The van der Waals surface area contributed by atoms with Crippen molar-refractivity contribution in [3.8, 4) is 0 Å². The van der Waals surface area contributed by atoms with Crippen LogP contribution in [-0.2, 0) is 0 Å². The van der Waals surface area contributed by atoms with E-state index in [-0.39, 0.29) is 0 Å². The van der Waals surface area contributed by atoms with E-state index in [0.717, 1.165) is 0 Å². The summed E-state index contributed by atoms with van der Waals surface area (Å²) in [4.78, 5) is 0. The van der Waals surface area contributed by atoms with Crippen LogP contribution in [0.25, 0.3) is 0 Å². The average Bonchev–Trinajstić information content (AvgIpc) is 2.85. The van der Waals surface area contributed by atoms with Crippen LogP contribution in [0.5, 0.6) is 0 Å². The topological polar surface area (TPSA) is 0 Å². The third-order valence-electron chi connectivity index (χ3n) is 6.86. The van der Waals surface area contributed by atoms with Gasteiger partial charge in [0.25, 0.3) is 0 Å². The summed E-state index contributed by atoms with van der Waals surface area (Å²) in [5.74, 6) is 0. The SMILES string of the molecule is CC[PH](c1ccccc1)(c1ccccc1)[PH](CC)(c1ccccc1)c1ccccc1. The number of benzene rings is 4. The Labute approximate surface area is 182 Å². The van der Waals surface area contributed by atoms with Gasteiger partial charge in [0.1, 0.15) is 0 Å². The van der Waals surface area contributed by atoms with Gasteiger partial charge in [-0.1, -0.05) is 0 Å². The zero-order valence-electron chi connectivity index (χ0n) is 18.0. The van der Waals surface area contributed by atoms with E-state index in [9.17, 15) is 0 Å². The van der Waals surface area contributed by atoms with Gasteiger partial charge < -0.3 is 0 Å². The Morgan fingerprint density at radius 2 is 0.567 bits per heavy atom. The van der Waals surface area contributed by atoms with E-state index in [4.69, 9.17) is 0 Å². The molecule has 30 heavy (non-hydrogen) atoms. The standard InChI is InChI=1S/C28H32P2/c1-3-29(25-17-9-5-10-18-25,26-19-11-6-12-20-26)30(4-2,27-21-13-7-14-22-27)28-23-15-8-16-24-28/h5-24,29-30H,3-4H2,1-2H3. The van der Waals surface area contributed by atoms with Crippen molar-refractivity contribution in [2.75, 3.05) is 12.3 Å². The number of rotatable bonds is 7. The Morgan fingerprint density at radius 3 is 0.733 bits per heavy atom. The van der Waals surface area contributed by atoms with E-state index < -0.39 is 13.9 Å². The van der Waals surface area contributed by atoms with Crippen LogP contribution in [0.15, 0.2) is 121 Å². The molecule has 2 heteroatoms. The molecule has 0 aliphatic heterocycles. The molecule has 0 aliphatic rings. The molecule has 4 aromatic carbocycles. The molecule has 0 fully saturated rings. The summed E-state index contributed by atoms with van der Waals surface area (Å²) in [6.45, 7) is 0.592. The van der Waals surface area contributed by atoms with Crippen molar-refractivity contribution in [2.45, 2.75) is 13.8 Å². The zero-order chi connectivity index (χ0) is 20.9. The van der Waals surface area contributed by atoms with E-state index >= 15 is 0 Å². The first kappa shape index (κ1) is 21.0. The summed E-state index contributed by atoms with van der Waals surface area (Å²) in [6.07, 6.45) is 2.40. The first-order chi connectivity index (χ1) is 14.8. The summed E-state index contributed by atoms with van der Waals surface area (Å²) in [5.41, 5.74) is 0. The molecule has 0 atom stereocenters. The minimum absolute atomic E-state index is 1.20. The summed E-state index contributed by atoms with van der Waals surface area (Å²) in [5, 5.41) is 6.28. The quantitative estimate of drug-likeness (QED) is 0.328. The zero-order valence-corrected chi connectivity index (χ0v) is 20.0. The second kappa shape index (κ2) is 9.26. The van der Waals surface area contributed by atoms with E-state index in [1.54, 1.807) is 21.2 Å². The second-order valence-corrected chi connectivity index (χ2v) is 20.4. The van der Waals surface area contributed by atoms with Gasteiger partial charge in [0.15, 0.2) is 0 Å². The summed E-state index contributed by atoms with van der Waals surface area (Å²) >= 11 is 0. The van der Waals surface area contributed by atoms with Gasteiger partial charge in [0.05, 0.1) is 0 Å². The van der Waals surface area contributed by atoms with Gasteiger partial charge in [0.2, 0.25) is 0 Å². The molecule has 0 amide bonds. The van der Waals surface area contributed by atoms with Crippen LogP contribution in [0.3, 0.4) is 0 Å². The van der Waals surface area contributed by atoms with Crippen molar-refractivity contribution in [1.29, 1.82) is 0 Å². The molecule has 0 saturated heterocycles. The van der Waals surface area contributed by atoms with Crippen molar-refractivity contribution < 1.29 is 0 Å². The Kier molecular flexibility index (Phi) is 6.48. The van der Waals surface area contributed by atoms with Crippen LogP contribution in [0, 0.1) is 0 Å². The normalized spacial score (nSPS) is 13.0. The molecule has 0 aliphatic carbocycles. The molecule has 0 nitrogen and oxygen atoms in total. The Balaban J connectivity index is 2.17. The predicted molar refractivity (Wildman–Crippen MR) is 142 cm³/mol. The molecule has 4 rings (SSSR count). The number of hydrogen-bond donors (Lipinski definition) is 0. The molecule has 0 heterocycles. The van der Waals surface area contributed by atoms with E-state index in [1.807, 2.05) is 0 Å². The van der Waals surface area contributed by atoms with Gasteiger partial charge in [-0.25, -0.2) is 0 Å². The molecule has 0 radical (unpaired) electrons. The first-order valence-electron chi connectivity index (χ1n) is 11.0. The van der Waals surface area contributed by atoms with Crippen molar-refractivity contribution in [2.24, 2.45) is 0 Å². The average molecular weight is 431 g/mol. The van der Waals surface area contributed by atoms with Crippen LogP contribution in [0.1, 0.15) is 13.8 Å². The van der Waals surface area contributed by atoms with E-state index in [1.165, 1.54) is 12.3 Å². The van der Waals surface area contributed by atoms with Gasteiger partial charge in [-0.05, 0) is 0 Å². The maximum absolute atomic E-state index is 2.44. The Bertz CT molecular complexity index is 877. The van der Waals surface area contributed by atoms with E-state index in [0.29, 0.717) is 0 Å². The number of hydrogen-bond acceptors (Lipinski definition) is 0. The monoisotopic (exact) mass is 430 g/mol. The van der Waals surface area contributed by atoms with Gasteiger partial charge >= 0.3 is 183 Å². The van der Waals surface area contributed by atoms with Gasteiger partial charge in [0, 0.05) is 0 Å². The molecule has 154 valence electrons. The minimum atomic E-state index is -2.14. The Hall–Kier alpha value is -2.26. The molecule has 0 aromatic heterocycles. The van der Waals surface area contributed by atoms with Gasteiger partial charge in [-0.3, -0.25) is 0 Å². The van der Waals surface area contributed by atoms with Crippen LogP contribution in [-0.4, -0.2) is 12.3 Å². The maximum atomic E-state index is 2.44. The van der Waals surface area contributed by atoms with Crippen LogP contribution >= 0.6 is 13.9 Å². The first-order valence-corrected chi connectivity index (χ1v) is 16.4. The Morgan fingerprint density at radius 1 is 0.367 bits per heavy atom. The molecule has 4 aromatic rings. The molecular formula is C28H32P2. The molecule has 0 saturated carbocycles. The van der Waals surface area contributed by atoms with Crippen molar-refractivity contribution in [3.63, 3.8) is 0 Å². The fourth-order valence-electron chi connectivity index (χ4n) is 5.63. The third-order valence-corrected chi connectivity index (χ3v) is 25.7. The van der Waals surface area contributed by atoms with Gasteiger partial charge in [-0.15, -0.1) is 0 Å². The van der Waals surface area contributed by atoms with Crippen LogP contribution in [0.2, 0.25) is 0 Å². The fraction of sp³-hybridized carbons (Fsp3) is 0.143. The second-order valence-electron chi connectivity index (χ2n) is 7.98. The molecular weight excluding hydrogens is 398 g/mol. The van der Waals surface area contributed by atoms with Crippen LogP contribution < -0.4 is 21.2 Å². The molecule has 0 unspecified atom stereocenters. The molecule has 0 bridgehead atoms.